The van der Waals surface area contributed by atoms with Crippen molar-refractivity contribution in [3.63, 3.8) is 0 Å². The van der Waals surface area contributed by atoms with E-state index in [2.05, 4.69) is 27.7 Å². The zero-order valence-corrected chi connectivity index (χ0v) is 15.7. The van der Waals surface area contributed by atoms with E-state index in [0.29, 0.717) is 11.3 Å². The first-order valence-corrected chi connectivity index (χ1v) is 11.7. The molecule has 0 saturated heterocycles. The number of rotatable bonds is 3. The number of hydrogen-bond donors (Lipinski definition) is 0. The summed E-state index contributed by atoms with van der Waals surface area (Å²) in [5, 5.41) is 11.9. The summed E-state index contributed by atoms with van der Waals surface area (Å²) in [5.41, 5.74) is 0.676. The summed E-state index contributed by atoms with van der Waals surface area (Å²) >= 11 is -0.556. The number of hydrogen-bond acceptors (Lipinski definition) is 0. The Morgan fingerprint density at radius 1 is 1.00 bits per heavy atom. The van der Waals surface area contributed by atoms with Crippen LogP contribution in [0.15, 0.2) is 30.3 Å². The van der Waals surface area contributed by atoms with Crippen LogP contribution in [0.1, 0.15) is 27.7 Å². The van der Waals surface area contributed by atoms with E-state index in [0.717, 1.165) is 5.30 Å². The van der Waals surface area contributed by atoms with Crippen molar-refractivity contribution in [2.24, 2.45) is 0 Å². The Hall–Kier alpha value is 0.744. The third-order valence-electron chi connectivity index (χ3n) is 2.74. The Labute approximate surface area is 129 Å². The second-order valence-corrected chi connectivity index (χ2v) is 11.0. The SMILES string of the molecule is CC(C)P(=[N-])(c1ccccc1)C(C)C.[CH3-].[Cl][Ti][Cl]. The predicted molar refractivity (Wildman–Crippen MR) is 84.7 cm³/mol. The van der Waals surface area contributed by atoms with E-state index >= 15 is 0 Å². The Morgan fingerprint density at radius 3 is 1.61 bits per heavy atom. The zero-order valence-electron chi connectivity index (χ0n) is 11.7. The van der Waals surface area contributed by atoms with E-state index in [9.17, 15) is 5.16 Å². The first kappa shape index (κ1) is 21.1. The van der Waals surface area contributed by atoms with E-state index in [4.69, 9.17) is 18.6 Å². The zero-order chi connectivity index (χ0) is 13.5. The van der Waals surface area contributed by atoms with Crippen molar-refractivity contribution in [1.29, 1.82) is 0 Å². The molecule has 0 heterocycles. The summed E-state index contributed by atoms with van der Waals surface area (Å²) in [6.07, 6.45) is 0. The van der Waals surface area contributed by atoms with Gasteiger partial charge in [0.1, 0.15) is 0 Å². The summed E-state index contributed by atoms with van der Waals surface area (Å²) in [7, 11) is 7.81. The molecule has 0 fully saturated rings. The van der Waals surface area contributed by atoms with Gasteiger partial charge in [0.05, 0.1) is 0 Å². The molecule has 1 aromatic rings. The minimum absolute atomic E-state index is 0. The molecular weight excluding hydrogens is 320 g/mol. The van der Waals surface area contributed by atoms with E-state index in [1.165, 1.54) is 0 Å². The van der Waals surface area contributed by atoms with Crippen molar-refractivity contribution in [2.45, 2.75) is 39.0 Å². The maximum atomic E-state index is 10.7. The molecule has 0 amide bonds. The Morgan fingerprint density at radius 2 is 1.33 bits per heavy atom. The molecule has 0 aliphatic rings. The van der Waals surface area contributed by atoms with Crippen LogP contribution in [0.25, 0.3) is 5.16 Å². The van der Waals surface area contributed by atoms with Gasteiger partial charge < -0.3 is 12.6 Å². The molecule has 1 rings (SSSR count). The summed E-state index contributed by atoms with van der Waals surface area (Å²) in [6, 6.07) is 10.1. The molecule has 0 radical (unpaired) electrons. The molecule has 0 aliphatic carbocycles. The van der Waals surface area contributed by atoms with Crippen molar-refractivity contribution in [2.75, 3.05) is 0 Å². The van der Waals surface area contributed by atoms with Crippen molar-refractivity contribution < 1.29 is 17.0 Å². The van der Waals surface area contributed by atoms with Crippen LogP contribution in [0, 0.1) is 7.43 Å². The minimum atomic E-state index is -1.97. The third kappa shape index (κ3) is 5.80. The molecule has 0 N–H and O–H groups in total. The first-order chi connectivity index (χ1) is 7.91. The average Bonchev–Trinajstić information content (AvgIpc) is 2.29. The van der Waals surface area contributed by atoms with Crippen LogP contribution in [-0.4, -0.2) is 11.3 Å². The maximum absolute atomic E-state index is 10.7. The van der Waals surface area contributed by atoms with Crippen molar-refractivity contribution >= 4 is 31.0 Å². The monoisotopic (exact) mass is 341 g/mol. The Bertz CT molecular complexity index is 343. The van der Waals surface area contributed by atoms with Gasteiger partial charge in [-0.15, -0.1) is 0 Å². The molecule has 0 bridgehead atoms. The van der Waals surface area contributed by atoms with Crippen LogP contribution in [0.2, 0.25) is 0 Å². The topological polar surface area (TPSA) is 22.3 Å². The molecule has 0 unspecified atom stereocenters. The summed E-state index contributed by atoms with van der Waals surface area (Å²) in [6.45, 7) is 8.45. The molecule has 5 heteroatoms. The van der Waals surface area contributed by atoms with Gasteiger partial charge in [-0.25, -0.2) is 0 Å². The first-order valence-electron chi connectivity index (χ1n) is 5.54. The second-order valence-electron chi connectivity index (χ2n) is 4.33. The molecule has 18 heavy (non-hydrogen) atoms. The van der Waals surface area contributed by atoms with Gasteiger partial charge in [0, 0.05) is 0 Å². The van der Waals surface area contributed by atoms with Crippen LogP contribution in [0.3, 0.4) is 0 Å². The molecule has 0 spiro atoms. The van der Waals surface area contributed by atoms with Crippen molar-refractivity contribution in [1.82, 2.24) is 0 Å². The molecular formula is C13H22Cl2NPTi-2. The van der Waals surface area contributed by atoms with Crippen LogP contribution < -0.4 is 5.30 Å². The number of halogens is 2. The molecule has 0 saturated carbocycles. The summed E-state index contributed by atoms with van der Waals surface area (Å²) in [4.78, 5) is 0. The molecule has 0 aliphatic heterocycles. The fourth-order valence-corrected chi connectivity index (χ4v) is 4.89. The fourth-order valence-electron chi connectivity index (χ4n) is 1.86. The van der Waals surface area contributed by atoms with E-state index in [1.54, 1.807) is 0 Å². The standard InChI is InChI=1S/C12H19NP.CH3.2ClH.Ti/c1-10(2)14(13,11(3)4)12-8-6-5-7-9-12;;;;/h5-11H,1-4H3;1H3;2*1H;/q2*-1;;;+2/p-2. The van der Waals surface area contributed by atoms with Gasteiger partial charge in [-0.05, 0) is 16.6 Å². The fraction of sp³-hybridized carbons (Fsp3) is 0.462. The normalized spacial score (nSPS) is 10.4. The molecule has 1 aromatic carbocycles. The summed E-state index contributed by atoms with van der Waals surface area (Å²) < 4.78 is 0. The van der Waals surface area contributed by atoms with Gasteiger partial charge in [-0.1, -0.05) is 58.0 Å². The number of nitrogens with zero attached hydrogens (tertiary/aromatic N) is 1. The van der Waals surface area contributed by atoms with E-state index in [-0.39, 0.29) is 7.43 Å². The molecule has 0 atom stereocenters. The van der Waals surface area contributed by atoms with E-state index < -0.39 is 24.1 Å². The Kier molecular flexibility index (Phi) is 12.3. The molecule has 104 valence electrons. The Balaban J connectivity index is 0. The van der Waals surface area contributed by atoms with Gasteiger partial charge in [-0.2, -0.15) is 7.05 Å². The van der Waals surface area contributed by atoms with Crippen LogP contribution in [0.4, 0.5) is 0 Å². The van der Waals surface area contributed by atoms with Gasteiger partial charge in [-0.3, -0.25) is 0 Å². The molecule has 1 nitrogen and oxygen atoms in total. The van der Waals surface area contributed by atoms with Gasteiger partial charge in [0.15, 0.2) is 0 Å². The van der Waals surface area contributed by atoms with Crippen LogP contribution >= 0.6 is 25.7 Å². The second kappa shape index (κ2) is 10.5. The average molecular weight is 342 g/mol. The summed E-state index contributed by atoms with van der Waals surface area (Å²) in [5.74, 6) is 0. The van der Waals surface area contributed by atoms with Gasteiger partial charge in [0.25, 0.3) is 0 Å². The molecule has 0 aromatic heterocycles. The van der Waals surface area contributed by atoms with Crippen LogP contribution in [-0.2, 0) is 17.0 Å². The quantitative estimate of drug-likeness (QED) is 0.381. The third-order valence-corrected chi connectivity index (χ3v) is 7.02. The van der Waals surface area contributed by atoms with Gasteiger partial charge in [0.2, 0.25) is 0 Å². The van der Waals surface area contributed by atoms with E-state index in [1.807, 2.05) is 30.3 Å². The van der Waals surface area contributed by atoms with Gasteiger partial charge >= 0.3 is 35.6 Å². The number of benzene rings is 1. The van der Waals surface area contributed by atoms with Crippen LogP contribution in [0.5, 0.6) is 0 Å². The van der Waals surface area contributed by atoms with Crippen molar-refractivity contribution in [3.8, 4) is 0 Å². The predicted octanol–water partition coefficient (Wildman–Crippen LogP) is 5.73. The van der Waals surface area contributed by atoms with Crippen molar-refractivity contribution in [3.05, 3.63) is 42.9 Å².